The van der Waals surface area contributed by atoms with Crippen LogP contribution in [0.25, 0.3) is 30.6 Å². The Balaban J connectivity index is 0.000000149. The maximum atomic E-state index is 12.4. The number of carbonyl (C=O) groups excluding carboxylic acids is 3. The first-order valence-corrected chi connectivity index (χ1v) is 32.8. The molecule has 0 bridgehead atoms. The molecule has 6 aromatic rings. The summed E-state index contributed by atoms with van der Waals surface area (Å²) in [7, 11) is -6.20. The molecule has 26 heteroatoms. The number of hydrogen-bond acceptors (Lipinski definition) is 16. The first kappa shape index (κ1) is 65.3. The number of nitrogens with one attached hydrogen (secondary N) is 1. The molecule has 16 nitrogen and oxygen atoms in total. The van der Waals surface area contributed by atoms with E-state index < -0.39 is 33.2 Å². The predicted molar refractivity (Wildman–Crippen MR) is 329 cm³/mol. The van der Waals surface area contributed by atoms with Gasteiger partial charge in [0.2, 0.25) is 17.7 Å². The van der Waals surface area contributed by atoms with Crippen LogP contribution in [0.1, 0.15) is 147 Å². The number of fused-ring (bicyclic) bond motifs is 3. The summed E-state index contributed by atoms with van der Waals surface area (Å²) in [5.41, 5.74) is -3.08. The normalized spacial score (nSPS) is 19.9. The summed E-state index contributed by atoms with van der Waals surface area (Å²) < 4.78 is 84.4. The third-order valence-corrected chi connectivity index (χ3v) is 20.5. The van der Waals surface area contributed by atoms with E-state index >= 15 is 0 Å². The Bertz CT molecular complexity index is 3440. The predicted octanol–water partition coefficient (Wildman–Crippen LogP) is 13.4. The molecule has 456 valence electrons. The van der Waals surface area contributed by atoms with Gasteiger partial charge in [0.25, 0.3) is 0 Å². The van der Waals surface area contributed by atoms with Gasteiger partial charge in [0, 0.05) is 74.4 Å². The molecule has 3 aromatic carbocycles. The number of hydrogen-bond donors (Lipinski definition) is 1. The molecule has 0 aliphatic carbocycles. The van der Waals surface area contributed by atoms with Crippen LogP contribution in [-0.4, -0.2) is 131 Å². The van der Waals surface area contributed by atoms with Crippen molar-refractivity contribution in [1.82, 2.24) is 35.0 Å². The number of ether oxygens (including phenoxy) is 1. The molecule has 1 N–H and O–H groups in total. The highest BCUT2D eigenvalue weighted by Crippen LogP contribution is 2.40. The summed E-state index contributed by atoms with van der Waals surface area (Å²) in [5, 5.41) is 8.53. The van der Waals surface area contributed by atoms with E-state index in [1.807, 2.05) is 51.5 Å². The molecule has 8 heterocycles. The second-order valence-electron chi connectivity index (χ2n) is 23.7. The highest BCUT2D eigenvalue weighted by atomic mass is 35.5. The van der Waals surface area contributed by atoms with Crippen molar-refractivity contribution >= 4 is 128 Å². The number of aromatic nitrogens is 3. The van der Waals surface area contributed by atoms with Crippen molar-refractivity contribution < 1.29 is 54.2 Å². The number of piperidine rings is 3. The van der Waals surface area contributed by atoms with Crippen LogP contribution in [0.2, 0.25) is 10.0 Å². The fourth-order valence-corrected chi connectivity index (χ4v) is 14.2. The quantitative estimate of drug-likeness (QED) is 0.0945. The molecular weight excluding hydrogens is 1210 g/mol. The first-order valence-electron chi connectivity index (χ1n) is 28.2. The highest BCUT2D eigenvalue weighted by molar-refractivity contribution is 7.87. The van der Waals surface area contributed by atoms with Crippen molar-refractivity contribution in [1.29, 1.82) is 0 Å². The molecule has 11 rings (SSSR count). The smallest absolute Gasteiger partial charge is 0.443 e. The minimum atomic E-state index is -5.84. The Morgan fingerprint density at radius 3 is 1.52 bits per heavy atom. The maximum absolute atomic E-state index is 12.4. The molecule has 1 atom stereocenters. The lowest BCUT2D eigenvalue weighted by atomic mass is 9.79. The van der Waals surface area contributed by atoms with Crippen LogP contribution >= 0.6 is 57.2 Å². The zero-order valence-electron chi connectivity index (χ0n) is 48.9. The number of halogens is 5. The Morgan fingerprint density at radius 2 is 1.11 bits per heavy atom. The van der Waals surface area contributed by atoms with Crippen LogP contribution in [0.5, 0.6) is 0 Å². The Hall–Kier alpha value is -4.66. The van der Waals surface area contributed by atoms with E-state index in [1.165, 1.54) is 42.0 Å². The van der Waals surface area contributed by atoms with Gasteiger partial charge in [0.15, 0.2) is 0 Å². The van der Waals surface area contributed by atoms with Gasteiger partial charge in [-0.05, 0) is 172 Å². The van der Waals surface area contributed by atoms with E-state index in [-0.39, 0.29) is 49.0 Å². The number of allylic oxidation sites excluding steroid dienone is 1. The minimum Gasteiger partial charge on any atom is -0.443 e. The van der Waals surface area contributed by atoms with Crippen LogP contribution in [-0.2, 0) is 37.9 Å². The van der Waals surface area contributed by atoms with Crippen molar-refractivity contribution in [3.63, 3.8) is 0 Å². The molecule has 0 spiro atoms. The molecule has 0 radical (unpaired) electrons. The first-order chi connectivity index (χ1) is 39.3. The fraction of sp³-hybridized carbons (Fsp3) is 0.552. The minimum absolute atomic E-state index is 0.00583. The molecule has 4 fully saturated rings. The van der Waals surface area contributed by atoms with Crippen LogP contribution in [0.15, 0.2) is 66.6 Å². The van der Waals surface area contributed by atoms with Crippen molar-refractivity contribution in [2.75, 3.05) is 45.8 Å². The number of thiazole rings is 3. The van der Waals surface area contributed by atoms with E-state index in [0.717, 1.165) is 108 Å². The van der Waals surface area contributed by atoms with E-state index in [0.29, 0.717) is 17.8 Å². The van der Waals surface area contributed by atoms with Gasteiger partial charge in [-0.25, -0.2) is 24.6 Å². The summed E-state index contributed by atoms with van der Waals surface area (Å²) in [5.74, 6) is 1.14. The Morgan fingerprint density at radius 1 is 0.690 bits per heavy atom. The number of nitrogens with zero attached hydrogens (tertiary/aromatic N) is 6. The third-order valence-electron chi connectivity index (χ3n) is 15.5. The molecule has 84 heavy (non-hydrogen) atoms. The summed E-state index contributed by atoms with van der Waals surface area (Å²) >= 11 is 17.3. The lowest BCUT2D eigenvalue weighted by molar-refractivity contribution is -0.130. The molecule has 0 saturated carbocycles. The Labute approximate surface area is 512 Å². The average molecular weight is 1280 g/mol. The van der Waals surface area contributed by atoms with Crippen molar-refractivity contribution in [3.05, 3.63) is 91.6 Å². The van der Waals surface area contributed by atoms with Crippen LogP contribution in [0.4, 0.5) is 18.0 Å². The summed E-state index contributed by atoms with van der Waals surface area (Å²) in [6, 6.07) is 18.1. The fourth-order valence-electron chi connectivity index (χ4n) is 10.0. The van der Waals surface area contributed by atoms with Gasteiger partial charge in [0.1, 0.15) is 5.60 Å². The van der Waals surface area contributed by atoms with E-state index in [2.05, 4.69) is 61.5 Å². The standard InChI is InChI=1S/C20H27BN2O3S.C14H15ClN2OS.C12H13ClN2S.C12H18F3NO5S/c1-13(24)23-10-8-14(9-11-23)18-22-16-12-15(6-7-17(16)27-18)21-25-19(2,3)20(4,5)26-21;1-9(18)17-6-4-10(5-7-17)14-16-12-8-11(15)2-3-13(12)19-14;13-9-1-2-11-10(7-9)15-12(16-11)8-3-5-14-6-4-8;1-8-5-6-9(21-22(18,19)12(13,14)15)16(7-8)10(17)20-11(2,3)4/h6-7,12,14H,8-11H2,1-5H3;2-3,8,10H,4-7H2,1H3;1-2,7-8,14H,3-6H2;6,8H,5,7H2,1-4H3/t;;;8-/m...0/s1. The number of rotatable bonds is 6. The van der Waals surface area contributed by atoms with Gasteiger partial charge >= 0.3 is 28.8 Å². The van der Waals surface area contributed by atoms with Gasteiger partial charge in [0.05, 0.1) is 56.9 Å². The highest BCUT2D eigenvalue weighted by Gasteiger charge is 2.52. The van der Waals surface area contributed by atoms with Gasteiger partial charge in [-0.3, -0.25) is 9.59 Å². The largest absolute Gasteiger partial charge is 0.534 e. The molecular formula is C58H73BCl2F3N7O9S4. The number of likely N-dealkylation sites (tertiary alicyclic amines) is 2. The Kier molecular flexibility index (Phi) is 20.8. The van der Waals surface area contributed by atoms with E-state index in [9.17, 15) is 36.0 Å². The second kappa shape index (κ2) is 26.8. The van der Waals surface area contributed by atoms with Gasteiger partial charge in [-0.1, -0.05) is 36.2 Å². The zero-order chi connectivity index (χ0) is 61.1. The zero-order valence-corrected chi connectivity index (χ0v) is 53.7. The molecule has 3 aromatic heterocycles. The van der Waals surface area contributed by atoms with E-state index in [1.54, 1.807) is 64.2 Å². The lowest BCUT2D eigenvalue weighted by Crippen LogP contribution is -2.42. The summed E-state index contributed by atoms with van der Waals surface area (Å²) in [6.07, 6.45) is 6.83. The topological polar surface area (TPSA) is 183 Å². The van der Waals surface area contributed by atoms with Crippen molar-refractivity contribution in [2.45, 2.75) is 154 Å². The van der Waals surface area contributed by atoms with Gasteiger partial charge < -0.3 is 33.3 Å². The summed E-state index contributed by atoms with van der Waals surface area (Å²) in [6.45, 7) is 23.6. The van der Waals surface area contributed by atoms with Crippen LogP contribution in [0, 0.1) is 5.92 Å². The van der Waals surface area contributed by atoms with Gasteiger partial charge in [-0.15, -0.1) is 34.0 Å². The van der Waals surface area contributed by atoms with Crippen molar-refractivity contribution in [3.8, 4) is 0 Å². The third kappa shape index (κ3) is 16.5. The second-order valence-corrected chi connectivity index (χ2v) is 29.3. The lowest BCUT2D eigenvalue weighted by Gasteiger charge is -2.32. The number of carbonyl (C=O) groups is 3. The maximum Gasteiger partial charge on any atom is 0.534 e. The van der Waals surface area contributed by atoms with Crippen molar-refractivity contribution in [2.24, 2.45) is 5.92 Å². The number of amides is 3. The monoisotopic (exact) mass is 1280 g/mol. The average Bonchev–Trinajstić information content (AvgIpc) is 4.34. The van der Waals surface area contributed by atoms with Gasteiger partial charge in [-0.2, -0.15) is 21.6 Å². The number of benzene rings is 3. The molecule has 3 amide bonds. The molecule has 0 unspecified atom stereocenters. The molecule has 5 aliphatic heterocycles. The molecule has 4 saturated heterocycles. The van der Waals surface area contributed by atoms with Crippen LogP contribution < -0.4 is 10.8 Å². The SMILES string of the molecule is CC(=O)N1CCC(c2nc3cc(B4OC(C)(C)C(C)(C)O4)ccc3s2)CC1.CC(=O)N1CCC(c2nc3cc(Cl)ccc3s2)CC1.C[C@H]1CC=C(OS(=O)(=O)C(F)(F)F)N(C(=O)OC(C)(C)C)C1.Clc1ccc2sc(C3CCNCC3)nc2c1. The van der Waals surface area contributed by atoms with E-state index in [4.69, 9.17) is 52.2 Å². The molecule has 5 aliphatic rings. The van der Waals surface area contributed by atoms with Crippen LogP contribution in [0.3, 0.4) is 0 Å². The summed E-state index contributed by atoms with van der Waals surface area (Å²) in [4.78, 5) is 53.8. The number of alkyl halides is 3.